The Balaban J connectivity index is 1.88. The summed E-state index contributed by atoms with van der Waals surface area (Å²) < 4.78 is 43.8. The van der Waals surface area contributed by atoms with E-state index >= 15 is 0 Å². The average Bonchev–Trinajstić information content (AvgIpc) is 2.94. The van der Waals surface area contributed by atoms with Crippen molar-refractivity contribution < 1.29 is 17.9 Å². The summed E-state index contributed by atoms with van der Waals surface area (Å²) in [5.41, 5.74) is 0.280. The van der Waals surface area contributed by atoms with Crippen LogP contribution in [0.2, 0.25) is 0 Å². The number of halogens is 3. The molecule has 26 heavy (non-hydrogen) atoms. The third kappa shape index (κ3) is 2.75. The highest BCUT2D eigenvalue weighted by atomic mass is 19.4. The van der Waals surface area contributed by atoms with Crippen LogP contribution < -0.4 is 10.3 Å². The summed E-state index contributed by atoms with van der Waals surface area (Å²) in [5.74, 6) is 0.446. The van der Waals surface area contributed by atoms with Crippen LogP contribution in [-0.2, 0) is 0 Å². The van der Waals surface area contributed by atoms with Gasteiger partial charge in [-0.2, -0.15) is 9.50 Å². The molecule has 0 bridgehead atoms. The fourth-order valence-corrected chi connectivity index (χ4v) is 2.65. The standard InChI is InChI=1S/C16H10F3N5O2/c1-9-21-15-20-8-12-13(24(15)22-9)5-6-23(14(12)25)10-3-2-4-11(7-10)26-16(17,18)19/h2-8H,1H3. The molecule has 0 unspecified atom stereocenters. The number of pyridine rings is 1. The van der Waals surface area contributed by atoms with Gasteiger partial charge in [0.05, 0.1) is 16.6 Å². The van der Waals surface area contributed by atoms with Gasteiger partial charge in [-0.15, -0.1) is 18.3 Å². The zero-order chi connectivity index (χ0) is 18.5. The first kappa shape index (κ1) is 16.1. The maximum atomic E-state index is 12.8. The van der Waals surface area contributed by atoms with E-state index in [1.54, 1.807) is 13.0 Å². The van der Waals surface area contributed by atoms with Gasteiger partial charge >= 0.3 is 6.36 Å². The van der Waals surface area contributed by atoms with Crippen LogP contribution in [0.3, 0.4) is 0 Å². The molecule has 0 saturated carbocycles. The third-order valence-corrected chi connectivity index (χ3v) is 3.67. The molecule has 132 valence electrons. The highest BCUT2D eigenvalue weighted by Gasteiger charge is 2.31. The maximum Gasteiger partial charge on any atom is 0.573 e. The number of nitrogens with zero attached hydrogens (tertiary/aromatic N) is 5. The van der Waals surface area contributed by atoms with Crippen LogP contribution >= 0.6 is 0 Å². The first-order chi connectivity index (χ1) is 12.3. The molecule has 3 heterocycles. The number of rotatable bonds is 2. The second-order valence-electron chi connectivity index (χ2n) is 5.46. The van der Waals surface area contributed by atoms with Gasteiger partial charge in [0.15, 0.2) is 0 Å². The molecule has 0 amide bonds. The van der Waals surface area contributed by atoms with Crippen molar-refractivity contribution in [2.24, 2.45) is 0 Å². The van der Waals surface area contributed by atoms with Gasteiger partial charge in [0.1, 0.15) is 11.6 Å². The van der Waals surface area contributed by atoms with E-state index in [2.05, 4.69) is 19.8 Å². The van der Waals surface area contributed by atoms with E-state index in [1.165, 1.54) is 33.6 Å². The number of aromatic nitrogens is 5. The van der Waals surface area contributed by atoms with Gasteiger partial charge in [-0.3, -0.25) is 9.36 Å². The molecule has 0 aliphatic heterocycles. The molecule has 10 heteroatoms. The van der Waals surface area contributed by atoms with E-state index in [9.17, 15) is 18.0 Å². The van der Waals surface area contributed by atoms with Crippen LogP contribution in [0.4, 0.5) is 13.2 Å². The first-order valence-electron chi connectivity index (χ1n) is 7.42. The minimum atomic E-state index is -4.81. The molecule has 4 aromatic rings. The van der Waals surface area contributed by atoms with E-state index in [0.717, 1.165) is 12.1 Å². The highest BCUT2D eigenvalue weighted by Crippen LogP contribution is 2.24. The predicted molar refractivity (Wildman–Crippen MR) is 85.3 cm³/mol. The highest BCUT2D eigenvalue weighted by molar-refractivity contribution is 5.79. The SMILES string of the molecule is Cc1nc2ncc3c(=O)n(-c4cccc(OC(F)(F)F)c4)ccc3n2n1. The van der Waals surface area contributed by atoms with Crippen molar-refractivity contribution in [1.29, 1.82) is 0 Å². The summed E-state index contributed by atoms with van der Waals surface area (Å²) in [6.45, 7) is 1.70. The molecular formula is C16H10F3N5O2. The Kier molecular flexibility index (Phi) is 3.43. The lowest BCUT2D eigenvalue weighted by Gasteiger charge is -2.11. The summed E-state index contributed by atoms with van der Waals surface area (Å²) in [4.78, 5) is 21.0. The molecule has 0 saturated heterocycles. The number of aryl methyl sites for hydroxylation is 1. The molecular weight excluding hydrogens is 351 g/mol. The van der Waals surface area contributed by atoms with E-state index in [0.29, 0.717) is 17.1 Å². The van der Waals surface area contributed by atoms with E-state index < -0.39 is 17.7 Å². The van der Waals surface area contributed by atoms with Crippen LogP contribution in [0, 0.1) is 6.92 Å². The molecule has 0 N–H and O–H groups in total. The van der Waals surface area contributed by atoms with Crippen LogP contribution in [0.25, 0.3) is 22.4 Å². The number of benzene rings is 1. The molecule has 3 aromatic heterocycles. The van der Waals surface area contributed by atoms with Gasteiger partial charge in [0.2, 0.25) is 0 Å². The van der Waals surface area contributed by atoms with Crippen molar-refractivity contribution in [1.82, 2.24) is 24.1 Å². The lowest BCUT2D eigenvalue weighted by atomic mass is 10.2. The van der Waals surface area contributed by atoms with Crippen molar-refractivity contribution in [2.45, 2.75) is 13.3 Å². The predicted octanol–water partition coefficient (Wildman–Crippen LogP) is 2.64. The third-order valence-electron chi connectivity index (χ3n) is 3.67. The van der Waals surface area contributed by atoms with E-state index in [1.807, 2.05) is 0 Å². The molecule has 1 aromatic carbocycles. The quantitative estimate of drug-likeness (QED) is 0.549. The lowest BCUT2D eigenvalue weighted by molar-refractivity contribution is -0.274. The number of alkyl halides is 3. The summed E-state index contributed by atoms with van der Waals surface area (Å²) >= 11 is 0. The topological polar surface area (TPSA) is 74.3 Å². The van der Waals surface area contributed by atoms with E-state index in [4.69, 9.17) is 0 Å². The van der Waals surface area contributed by atoms with Crippen LogP contribution in [-0.4, -0.2) is 30.5 Å². The largest absolute Gasteiger partial charge is 0.573 e. The minimum Gasteiger partial charge on any atom is -0.406 e. The van der Waals surface area contributed by atoms with Gasteiger partial charge in [0.25, 0.3) is 11.3 Å². The van der Waals surface area contributed by atoms with Crippen molar-refractivity contribution in [3.8, 4) is 11.4 Å². The summed E-state index contributed by atoms with van der Waals surface area (Å²) in [6, 6.07) is 6.78. The molecule has 0 atom stereocenters. The number of ether oxygens (including phenoxy) is 1. The zero-order valence-corrected chi connectivity index (χ0v) is 13.2. The van der Waals surface area contributed by atoms with Gasteiger partial charge in [-0.1, -0.05) is 6.07 Å². The summed E-state index contributed by atoms with van der Waals surface area (Å²) in [6.07, 6.45) is -1.99. The maximum absolute atomic E-state index is 12.8. The molecule has 0 aliphatic rings. The van der Waals surface area contributed by atoms with Crippen molar-refractivity contribution >= 4 is 16.7 Å². The number of hydrogen-bond acceptors (Lipinski definition) is 5. The average molecular weight is 361 g/mol. The summed E-state index contributed by atoms with van der Waals surface area (Å²) in [7, 11) is 0. The fourth-order valence-electron chi connectivity index (χ4n) is 2.65. The number of fused-ring (bicyclic) bond motifs is 3. The molecule has 4 rings (SSSR count). The van der Waals surface area contributed by atoms with E-state index in [-0.39, 0.29) is 11.1 Å². The van der Waals surface area contributed by atoms with Crippen LogP contribution in [0.5, 0.6) is 5.75 Å². The Morgan fingerprint density at radius 1 is 1.19 bits per heavy atom. The molecule has 0 spiro atoms. The normalized spacial score (nSPS) is 12.0. The van der Waals surface area contributed by atoms with Gasteiger partial charge in [-0.05, 0) is 25.1 Å². The molecule has 7 nitrogen and oxygen atoms in total. The summed E-state index contributed by atoms with van der Waals surface area (Å²) in [5, 5.41) is 4.45. The smallest absolute Gasteiger partial charge is 0.406 e. The van der Waals surface area contributed by atoms with Crippen LogP contribution in [0.15, 0.2) is 47.5 Å². The van der Waals surface area contributed by atoms with Crippen LogP contribution in [0.1, 0.15) is 5.82 Å². The van der Waals surface area contributed by atoms with Crippen molar-refractivity contribution in [3.63, 3.8) is 0 Å². The lowest BCUT2D eigenvalue weighted by Crippen LogP contribution is -2.20. The second-order valence-corrected chi connectivity index (χ2v) is 5.46. The minimum absolute atomic E-state index is 0.230. The van der Waals surface area contributed by atoms with Gasteiger partial charge < -0.3 is 4.74 Å². The Labute approximate surface area is 143 Å². The Morgan fingerprint density at radius 2 is 2.00 bits per heavy atom. The van der Waals surface area contributed by atoms with Gasteiger partial charge in [-0.25, -0.2) is 4.98 Å². The van der Waals surface area contributed by atoms with Crippen molar-refractivity contribution in [2.75, 3.05) is 0 Å². The zero-order valence-electron chi connectivity index (χ0n) is 13.2. The Bertz CT molecular complexity index is 1200. The number of hydrogen-bond donors (Lipinski definition) is 0. The van der Waals surface area contributed by atoms with Crippen molar-refractivity contribution in [3.05, 3.63) is 58.9 Å². The first-order valence-corrected chi connectivity index (χ1v) is 7.42. The van der Waals surface area contributed by atoms with Gasteiger partial charge in [0, 0.05) is 18.5 Å². The Hall–Kier alpha value is -3.43. The second kappa shape index (κ2) is 5.55. The monoisotopic (exact) mass is 361 g/mol. The molecule has 0 aliphatic carbocycles. The fraction of sp³-hybridized carbons (Fsp3) is 0.125. The molecule has 0 fully saturated rings. The Morgan fingerprint density at radius 3 is 2.77 bits per heavy atom. The molecule has 0 radical (unpaired) electrons.